The van der Waals surface area contributed by atoms with Gasteiger partial charge in [-0.3, -0.25) is 10.1 Å². The summed E-state index contributed by atoms with van der Waals surface area (Å²) < 4.78 is 5.22. The van der Waals surface area contributed by atoms with E-state index in [9.17, 15) is 20.0 Å². The highest BCUT2D eigenvalue weighted by Gasteiger charge is 2.28. The van der Waals surface area contributed by atoms with Gasteiger partial charge in [0.05, 0.1) is 36.3 Å². The molecule has 0 spiro atoms. The molecule has 1 fully saturated rings. The maximum absolute atomic E-state index is 11.1. The second kappa shape index (κ2) is 5.85. The van der Waals surface area contributed by atoms with Crippen LogP contribution >= 0.6 is 0 Å². The fourth-order valence-corrected chi connectivity index (χ4v) is 2.17. The molecule has 2 rings (SSSR count). The predicted octanol–water partition coefficient (Wildman–Crippen LogP) is 0.491. The molecule has 1 aromatic carbocycles. The zero-order chi connectivity index (χ0) is 14.7. The smallest absolute Gasteiger partial charge is 0.335 e. The van der Waals surface area contributed by atoms with Crippen molar-refractivity contribution < 1.29 is 24.7 Å². The number of carboxylic acids is 1. The van der Waals surface area contributed by atoms with Gasteiger partial charge in [-0.2, -0.15) is 0 Å². The highest BCUT2D eigenvalue weighted by molar-refractivity contribution is 5.89. The number of carbonyl (C=O) groups is 1. The number of aliphatic hydroxyl groups excluding tert-OH is 1. The molecule has 0 aliphatic carbocycles. The number of aromatic carboxylic acids is 1. The minimum atomic E-state index is -1.22. The summed E-state index contributed by atoms with van der Waals surface area (Å²) in [5.41, 5.74) is -0.137. The van der Waals surface area contributed by atoms with Crippen LogP contribution in [0, 0.1) is 10.1 Å². The van der Waals surface area contributed by atoms with Crippen LogP contribution in [0.15, 0.2) is 18.2 Å². The van der Waals surface area contributed by atoms with E-state index in [1.807, 2.05) is 0 Å². The maximum Gasteiger partial charge on any atom is 0.335 e. The molecule has 20 heavy (non-hydrogen) atoms. The van der Waals surface area contributed by atoms with Crippen molar-refractivity contribution in [3.63, 3.8) is 0 Å². The third kappa shape index (κ3) is 2.70. The van der Waals surface area contributed by atoms with Crippen molar-refractivity contribution in [1.82, 2.24) is 0 Å². The van der Waals surface area contributed by atoms with Crippen molar-refractivity contribution in [3.8, 4) is 0 Å². The van der Waals surface area contributed by atoms with Crippen molar-refractivity contribution >= 4 is 17.3 Å². The Kier molecular flexibility index (Phi) is 4.16. The largest absolute Gasteiger partial charge is 0.478 e. The van der Waals surface area contributed by atoms with Crippen LogP contribution in [0.4, 0.5) is 11.4 Å². The summed E-state index contributed by atoms with van der Waals surface area (Å²) in [5, 5.41) is 29.3. The third-order valence-electron chi connectivity index (χ3n) is 3.17. The van der Waals surface area contributed by atoms with E-state index < -0.39 is 10.9 Å². The van der Waals surface area contributed by atoms with E-state index in [0.29, 0.717) is 18.8 Å². The number of ether oxygens (including phenoxy) is 1. The fourth-order valence-electron chi connectivity index (χ4n) is 2.17. The Bertz CT molecular complexity index is 533. The number of morpholine rings is 1. The number of aliphatic hydroxyl groups is 1. The van der Waals surface area contributed by atoms with Crippen LogP contribution in [0.25, 0.3) is 0 Å². The summed E-state index contributed by atoms with van der Waals surface area (Å²) in [6.07, 6.45) is 0. The molecule has 8 heteroatoms. The second-order valence-corrected chi connectivity index (χ2v) is 4.37. The van der Waals surface area contributed by atoms with Crippen molar-refractivity contribution in [2.75, 3.05) is 31.3 Å². The molecule has 8 nitrogen and oxygen atoms in total. The molecule has 1 aliphatic heterocycles. The summed E-state index contributed by atoms with van der Waals surface area (Å²) in [6, 6.07) is 3.37. The monoisotopic (exact) mass is 282 g/mol. The van der Waals surface area contributed by atoms with Crippen LogP contribution in [0.5, 0.6) is 0 Å². The van der Waals surface area contributed by atoms with Crippen LogP contribution in [-0.2, 0) is 4.74 Å². The van der Waals surface area contributed by atoms with Gasteiger partial charge in [0.2, 0.25) is 0 Å². The number of nitrogens with zero attached hydrogens (tertiary/aromatic N) is 2. The van der Waals surface area contributed by atoms with Gasteiger partial charge in [0.1, 0.15) is 5.69 Å². The Hall–Kier alpha value is -2.19. The minimum absolute atomic E-state index is 0.144. The topological polar surface area (TPSA) is 113 Å². The zero-order valence-electron chi connectivity index (χ0n) is 10.6. The van der Waals surface area contributed by atoms with Crippen LogP contribution < -0.4 is 4.90 Å². The Balaban J connectivity index is 2.44. The van der Waals surface area contributed by atoms with E-state index in [0.717, 1.165) is 6.07 Å². The fraction of sp³-hybridized carbons (Fsp3) is 0.417. The molecule has 1 aliphatic rings. The number of benzene rings is 1. The van der Waals surface area contributed by atoms with Gasteiger partial charge in [-0.1, -0.05) is 0 Å². The van der Waals surface area contributed by atoms with Crippen molar-refractivity contribution in [3.05, 3.63) is 33.9 Å². The SMILES string of the molecule is O=C(O)c1ccc(N2CCOCC2CO)c([N+](=O)[O-])c1. The highest BCUT2D eigenvalue weighted by Crippen LogP contribution is 2.31. The quantitative estimate of drug-likeness (QED) is 0.610. The summed E-state index contributed by atoms with van der Waals surface area (Å²) in [7, 11) is 0. The summed E-state index contributed by atoms with van der Waals surface area (Å²) >= 11 is 0. The molecule has 2 N–H and O–H groups in total. The van der Waals surface area contributed by atoms with E-state index in [1.165, 1.54) is 12.1 Å². The molecule has 0 amide bonds. The number of anilines is 1. The molecule has 0 aromatic heterocycles. The predicted molar refractivity (Wildman–Crippen MR) is 69.1 cm³/mol. The Morgan fingerprint density at radius 1 is 1.55 bits per heavy atom. The van der Waals surface area contributed by atoms with E-state index in [4.69, 9.17) is 9.84 Å². The molecule has 0 saturated carbocycles. The normalized spacial score (nSPS) is 18.9. The Labute approximate surface area is 114 Å². The van der Waals surface area contributed by atoms with Crippen molar-refractivity contribution in [2.24, 2.45) is 0 Å². The van der Waals surface area contributed by atoms with Gasteiger partial charge in [0, 0.05) is 12.6 Å². The van der Waals surface area contributed by atoms with Crippen molar-refractivity contribution in [1.29, 1.82) is 0 Å². The first kappa shape index (κ1) is 14.2. The van der Waals surface area contributed by atoms with E-state index in [2.05, 4.69) is 0 Å². The second-order valence-electron chi connectivity index (χ2n) is 4.37. The average molecular weight is 282 g/mol. The lowest BCUT2D eigenvalue weighted by Gasteiger charge is -2.35. The lowest BCUT2D eigenvalue weighted by molar-refractivity contribution is -0.384. The molecular weight excluding hydrogens is 268 g/mol. The molecule has 1 aromatic rings. The molecule has 1 atom stereocenters. The van der Waals surface area contributed by atoms with Crippen LogP contribution in [0.3, 0.4) is 0 Å². The Morgan fingerprint density at radius 2 is 2.30 bits per heavy atom. The lowest BCUT2D eigenvalue weighted by atomic mass is 10.1. The number of hydrogen-bond acceptors (Lipinski definition) is 6. The van der Waals surface area contributed by atoms with Gasteiger partial charge in [-0.15, -0.1) is 0 Å². The third-order valence-corrected chi connectivity index (χ3v) is 3.17. The van der Waals surface area contributed by atoms with Crippen LogP contribution in [0.1, 0.15) is 10.4 Å². The van der Waals surface area contributed by atoms with E-state index in [-0.39, 0.29) is 30.5 Å². The molecule has 1 unspecified atom stereocenters. The van der Waals surface area contributed by atoms with Gasteiger partial charge in [0.25, 0.3) is 5.69 Å². The van der Waals surface area contributed by atoms with E-state index in [1.54, 1.807) is 4.90 Å². The maximum atomic E-state index is 11.1. The summed E-state index contributed by atoms with van der Waals surface area (Å²) in [6.45, 7) is 0.874. The molecular formula is C12H14N2O6. The van der Waals surface area contributed by atoms with Gasteiger partial charge in [-0.05, 0) is 12.1 Å². The molecule has 1 heterocycles. The highest BCUT2D eigenvalue weighted by atomic mass is 16.6. The molecule has 0 radical (unpaired) electrons. The number of hydrogen-bond donors (Lipinski definition) is 2. The summed E-state index contributed by atoms with van der Waals surface area (Å²) in [4.78, 5) is 23.1. The molecule has 1 saturated heterocycles. The first-order valence-electron chi connectivity index (χ1n) is 6.01. The first-order chi connectivity index (χ1) is 9.54. The lowest BCUT2D eigenvalue weighted by Crippen LogP contribution is -2.47. The van der Waals surface area contributed by atoms with Gasteiger partial charge in [-0.25, -0.2) is 4.79 Å². The summed E-state index contributed by atoms with van der Waals surface area (Å²) in [5.74, 6) is -1.22. The van der Waals surface area contributed by atoms with Gasteiger partial charge >= 0.3 is 5.97 Å². The molecule has 108 valence electrons. The zero-order valence-corrected chi connectivity index (χ0v) is 10.6. The standard InChI is InChI=1S/C12H14N2O6/c15-6-9-7-20-4-3-13(9)10-2-1-8(12(16)17)5-11(10)14(18)19/h1-2,5,9,15H,3-4,6-7H2,(H,16,17). The number of rotatable bonds is 4. The Morgan fingerprint density at radius 3 is 2.90 bits per heavy atom. The number of nitro groups is 1. The van der Waals surface area contributed by atoms with Gasteiger partial charge < -0.3 is 19.8 Å². The van der Waals surface area contributed by atoms with Crippen LogP contribution in [-0.4, -0.2) is 53.5 Å². The number of carboxylic acid groups (broad SMARTS) is 1. The molecule has 0 bridgehead atoms. The van der Waals surface area contributed by atoms with Crippen LogP contribution in [0.2, 0.25) is 0 Å². The number of nitro benzene ring substituents is 1. The van der Waals surface area contributed by atoms with Crippen molar-refractivity contribution in [2.45, 2.75) is 6.04 Å². The minimum Gasteiger partial charge on any atom is -0.478 e. The van der Waals surface area contributed by atoms with E-state index >= 15 is 0 Å². The average Bonchev–Trinajstić information content (AvgIpc) is 2.46. The van der Waals surface area contributed by atoms with Gasteiger partial charge in [0.15, 0.2) is 0 Å². The first-order valence-corrected chi connectivity index (χ1v) is 6.01.